The summed E-state index contributed by atoms with van der Waals surface area (Å²) in [4.78, 5) is 16.0. The predicted octanol–water partition coefficient (Wildman–Crippen LogP) is 3.02. The van der Waals surface area contributed by atoms with Gasteiger partial charge >= 0.3 is 0 Å². The number of hydrogen-bond donors (Lipinski definition) is 1. The molecule has 2 aromatic heterocycles. The second-order valence-electron chi connectivity index (χ2n) is 4.91. The maximum absolute atomic E-state index is 11.8. The van der Waals surface area contributed by atoms with Crippen molar-refractivity contribution in [2.75, 3.05) is 0 Å². The highest BCUT2D eigenvalue weighted by atomic mass is 35.5. The van der Waals surface area contributed by atoms with E-state index in [9.17, 15) is 4.79 Å². The zero-order valence-corrected chi connectivity index (χ0v) is 13.4. The first-order valence-electron chi connectivity index (χ1n) is 7.08. The van der Waals surface area contributed by atoms with Crippen molar-refractivity contribution in [3.05, 3.63) is 58.6 Å². The first-order chi connectivity index (χ1) is 11.6. The van der Waals surface area contributed by atoms with Crippen LogP contribution in [0.5, 0.6) is 0 Å². The molecular formula is C16H13ClN4O3. The van der Waals surface area contributed by atoms with Crippen molar-refractivity contribution in [1.29, 1.82) is 0 Å². The fourth-order valence-electron chi connectivity index (χ4n) is 1.90. The molecule has 122 valence electrons. The third-order valence-electron chi connectivity index (χ3n) is 3.06. The quantitative estimate of drug-likeness (QED) is 0.715. The van der Waals surface area contributed by atoms with Crippen LogP contribution in [0.3, 0.4) is 0 Å². The molecule has 8 heteroatoms. The van der Waals surface area contributed by atoms with Gasteiger partial charge in [0.05, 0.1) is 6.54 Å². The van der Waals surface area contributed by atoms with Gasteiger partial charge in [-0.05, 0) is 24.6 Å². The molecule has 0 aliphatic heterocycles. The lowest BCUT2D eigenvalue weighted by atomic mass is 10.2. The Morgan fingerprint density at radius 1 is 1.29 bits per heavy atom. The maximum atomic E-state index is 11.8. The summed E-state index contributed by atoms with van der Waals surface area (Å²) in [6, 6.07) is 8.93. The summed E-state index contributed by atoms with van der Waals surface area (Å²) in [7, 11) is 0. The molecule has 0 radical (unpaired) electrons. The Bertz CT molecular complexity index is 885. The van der Waals surface area contributed by atoms with Crippen LogP contribution in [0.15, 0.2) is 45.5 Å². The van der Waals surface area contributed by atoms with Crippen LogP contribution in [-0.2, 0) is 11.3 Å². The van der Waals surface area contributed by atoms with Gasteiger partial charge in [-0.3, -0.25) is 4.79 Å². The molecule has 1 aromatic carbocycles. The number of nitrogens with one attached hydrogen (secondary N) is 1. The van der Waals surface area contributed by atoms with Crippen molar-refractivity contribution in [3.8, 4) is 11.5 Å². The third-order valence-corrected chi connectivity index (χ3v) is 3.40. The Morgan fingerprint density at radius 3 is 2.88 bits per heavy atom. The topological polar surface area (TPSA) is 94.1 Å². The highest BCUT2D eigenvalue weighted by Gasteiger charge is 2.12. The molecule has 0 fully saturated rings. The number of rotatable bonds is 5. The van der Waals surface area contributed by atoms with Gasteiger partial charge in [0.15, 0.2) is 5.69 Å². The molecule has 24 heavy (non-hydrogen) atoms. The van der Waals surface area contributed by atoms with Crippen LogP contribution in [-0.4, -0.2) is 21.2 Å². The van der Waals surface area contributed by atoms with E-state index in [0.717, 1.165) is 5.56 Å². The zero-order valence-electron chi connectivity index (χ0n) is 12.7. The Balaban J connectivity index is 1.57. The summed E-state index contributed by atoms with van der Waals surface area (Å²) in [5, 5.41) is 10.8. The van der Waals surface area contributed by atoms with E-state index >= 15 is 0 Å². The van der Waals surface area contributed by atoms with Crippen LogP contribution in [0.25, 0.3) is 17.6 Å². The first kappa shape index (κ1) is 15.9. The molecule has 0 aliphatic rings. The van der Waals surface area contributed by atoms with E-state index in [1.165, 1.54) is 6.08 Å². The molecule has 7 nitrogen and oxygen atoms in total. The minimum absolute atomic E-state index is 0.107. The van der Waals surface area contributed by atoms with E-state index in [0.29, 0.717) is 22.3 Å². The highest BCUT2D eigenvalue weighted by Crippen LogP contribution is 2.16. The fraction of sp³-hybridized carbons (Fsp3) is 0.125. The molecule has 1 amide bonds. The standard InChI is InChI=1S/C16H13ClN4O3/c1-10-8-13(20-23-10)16-19-15(24-21-16)9-18-14(22)7-6-11-4-2-3-5-12(11)17/h2-8H,9H2,1H3,(H,18,22). The number of amides is 1. The molecule has 0 unspecified atom stereocenters. The van der Waals surface area contributed by atoms with Crippen LogP contribution in [0, 0.1) is 6.92 Å². The SMILES string of the molecule is Cc1cc(-c2noc(CNC(=O)C=Cc3ccccc3Cl)n2)no1. The number of aryl methyl sites for hydroxylation is 1. The monoisotopic (exact) mass is 344 g/mol. The van der Waals surface area contributed by atoms with E-state index in [-0.39, 0.29) is 18.3 Å². The van der Waals surface area contributed by atoms with Gasteiger partial charge in [-0.15, -0.1) is 0 Å². The average molecular weight is 345 g/mol. The second kappa shape index (κ2) is 7.10. The summed E-state index contributed by atoms with van der Waals surface area (Å²) >= 11 is 6.01. The predicted molar refractivity (Wildman–Crippen MR) is 86.9 cm³/mol. The van der Waals surface area contributed by atoms with Crippen molar-refractivity contribution < 1.29 is 13.8 Å². The molecule has 0 saturated carbocycles. The molecule has 2 heterocycles. The molecule has 0 saturated heterocycles. The lowest BCUT2D eigenvalue weighted by Gasteiger charge is -1.98. The summed E-state index contributed by atoms with van der Waals surface area (Å²) in [6.45, 7) is 1.87. The van der Waals surface area contributed by atoms with E-state index in [4.69, 9.17) is 20.6 Å². The lowest BCUT2D eigenvalue weighted by molar-refractivity contribution is -0.116. The molecule has 0 aliphatic carbocycles. The largest absolute Gasteiger partial charge is 0.361 e. The van der Waals surface area contributed by atoms with Crippen LogP contribution in [0.2, 0.25) is 5.02 Å². The summed E-state index contributed by atoms with van der Waals surface area (Å²) < 4.78 is 10.0. The van der Waals surface area contributed by atoms with Crippen LogP contribution < -0.4 is 5.32 Å². The van der Waals surface area contributed by atoms with Crippen molar-refractivity contribution in [3.63, 3.8) is 0 Å². The fourth-order valence-corrected chi connectivity index (χ4v) is 2.10. The van der Waals surface area contributed by atoms with Gasteiger partial charge in [0.2, 0.25) is 17.6 Å². The van der Waals surface area contributed by atoms with Crippen LogP contribution in [0.1, 0.15) is 17.2 Å². The minimum Gasteiger partial charge on any atom is -0.361 e. The molecule has 0 atom stereocenters. The van der Waals surface area contributed by atoms with Gasteiger partial charge in [0, 0.05) is 17.2 Å². The van der Waals surface area contributed by atoms with Crippen molar-refractivity contribution in [2.24, 2.45) is 0 Å². The van der Waals surface area contributed by atoms with E-state index in [1.807, 2.05) is 18.2 Å². The van der Waals surface area contributed by atoms with Gasteiger partial charge < -0.3 is 14.4 Å². The highest BCUT2D eigenvalue weighted by molar-refractivity contribution is 6.32. The van der Waals surface area contributed by atoms with E-state index in [1.54, 1.807) is 25.1 Å². The molecule has 3 aromatic rings. The number of nitrogens with zero attached hydrogens (tertiary/aromatic N) is 3. The summed E-state index contributed by atoms with van der Waals surface area (Å²) in [5.74, 6) is 0.925. The van der Waals surface area contributed by atoms with E-state index < -0.39 is 0 Å². The smallest absolute Gasteiger partial charge is 0.246 e. The lowest BCUT2D eigenvalue weighted by Crippen LogP contribution is -2.20. The first-order valence-corrected chi connectivity index (χ1v) is 7.46. The normalized spacial score (nSPS) is 11.1. The molecule has 1 N–H and O–H groups in total. The number of benzene rings is 1. The second-order valence-corrected chi connectivity index (χ2v) is 5.31. The Labute approximate surface area is 142 Å². The number of carbonyl (C=O) groups is 1. The van der Waals surface area contributed by atoms with Gasteiger partial charge in [-0.2, -0.15) is 4.98 Å². The third kappa shape index (κ3) is 3.88. The summed E-state index contributed by atoms with van der Waals surface area (Å²) in [5.41, 5.74) is 1.24. The molecular weight excluding hydrogens is 332 g/mol. The van der Waals surface area contributed by atoms with Gasteiger partial charge in [-0.1, -0.05) is 40.1 Å². The van der Waals surface area contributed by atoms with Crippen molar-refractivity contribution >= 4 is 23.6 Å². The number of carbonyl (C=O) groups excluding carboxylic acids is 1. The van der Waals surface area contributed by atoms with Crippen molar-refractivity contribution in [2.45, 2.75) is 13.5 Å². The Morgan fingerprint density at radius 2 is 2.12 bits per heavy atom. The maximum Gasteiger partial charge on any atom is 0.246 e. The van der Waals surface area contributed by atoms with Crippen LogP contribution >= 0.6 is 11.6 Å². The number of halogens is 1. The molecule has 0 bridgehead atoms. The van der Waals surface area contributed by atoms with E-state index in [2.05, 4.69) is 20.6 Å². The molecule has 3 rings (SSSR count). The molecule has 0 spiro atoms. The van der Waals surface area contributed by atoms with Gasteiger partial charge in [0.1, 0.15) is 5.76 Å². The Hall–Kier alpha value is -2.93. The van der Waals surface area contributed by atoms with Crippen molar-refractivity contribution in [1.82, 2.24) is 20.6 Å². The summed E-state index contributed by atoms with van der Waals surface area (Å²) in [6.07, 6.45) is 3.02. The number of aromatic nitrogens is 3. The van der Waals surface area contributed by atoms with Crippen LogP contribution in [0.4, 0.5) is 0 Å². The van der Waals surface area contributed by atoms with Gasteiger partial charge in [-0.25, -0.2) is 0 Å². The average Bonchev–Trinajstić information content (AvgIpc) is 3.21. The number of hydrogen-bond acceptors (Lipinski definition) is 6. The zero-order chi connectivity index (χ0) is 16.9. The Kier molecular flexibility index (Phi) is 4.72. The minimum atomic E-state index is -0.299. The van der Waals surface area contributed by atoms with Gasteiger partial charge in [0.25, 0.3) is 0 Å².